The van der Waals surface area contributed by atoms with E-state index in [2.05, 4.69) is 36.2 Å². The molecule has 0 radical (unpaired) electrons. The number of hydrogen-bond acceptors (Lipinski definition) is 4. The van der Waals surface area contributed by atoms with E-state index in [4.69, 9.17) is 10.5 Å². The van der Waals surface area contributed by atoms with Crippen LogP contribution in [-0.4, -0.2) is 47.7 Å². The summed E-state index contributed by atoms with van der Waals surface area (Å²) in [4.78, 5) is 16.0. The van der Waals surface area contributed by atoms with Crippen LogP contribution in [0.5, 0.6) is 0 Å². The van der Waals surface area contributed by atoms with Gasteiger partial charge in [0.1, 0.15) is 5.60 Å². The van der Waals surface area contributed by atoms with E-state index in [1.165, 1.54) is 5.56 Å². The van der Waals surface area contributed by atoms with E-state index < -0.39 is 5.60 Å². The van der Waals surface area contributed by atoms with Gasteiger partial charge in [0.25, 0.3) is 0 Å². The molecule has 0 bridgehead atoms. The average molecular weight is 319 g/mol. The molecule has 1 aromatic rings. The molecule has 1 aliphatic rings. The maximum atomic E-state index is 11.9. The quantitative estimate of drug-likeness (QED) is 0.927. The fourth-order valence-electron chi connectivity index (χ4n) is 2.55. The van der Waals surface area contributed by atoms with Crippen molar-refractivity contribution in [3.05, 3.63) is 35.4 Å². The molecule has 1 amide bonds. The third-order valence-corrected chi connectivity index (χ3v) is 4.07. The first-order valence-corrected chi connectivity index (χ1v) is 8.18. The molecule has 0 aliphatic carbocycles. The zero-order valence-corrected chi connectivity index (χ0v) is 14.9. The predicted octanol–water partition coefficient (Wildman–Crippen LogP) is 2.76. The van der Waals surface area contributed by atoms with Crippen LogP contribution < -0.4 is 5.73 Å². The second-order valence-corrected chi connectivity index (χ2v) is 7.48. The summed E-state index contributed by atoms with van der Waals surface area (Å²) >= 11 is 0. The van der Waals surface area contributed by atoms with Gasteiger partial charge in [-0.2, -0.15) is 0 Å². The van der Waals surface area contributed by atoms with E-state index in [9.17, 15) is 4.79 Å². The van der Waals surface area contributed by atoms with Gasteiger partial charge in [0.05, 0.1) is 0 Å². The van der Waals surface area contributed by atoms with Gasteiger partial charge in [-0.05, 0) is 45.9 Å². The number of carbonyl (C=O) groups is 1. The molecule has 5 heteroatoms. The van der Waals surface area contributed by atoms with Crippen molar-refractivity contribution in [3.8, 4) is 0 Å². The smallest absolute Gasteiger partial charge is 0.410 e. The number of benzene rings is 1. The molecule has 2 N–H and O–H groups in total. The lowest BCUT2D eigenvalue weighted by Crippen LogP contribution is -2.60. The third-order valence-electron chi connectivity index (χ3n) is 4.07. The second-order valence-electron chi connectivity index (χ2n) is 7.48. The van der Waals surface area contributed by atoms with Gasteiger partial charge in [0.15, 0.2) is 0 Å². The Morgan fingerprint density at radius 2 is 1.91 bits per heavy atom. The Bertz CT molecular complexity index is 528. The first-order valence-electron chi connectivity index (χ1n) is 8.18. The summed E-state index contributed by atoms with van der Waals surface area (Å²) in [6.07, 6.45) is -0.219. The first-order chi connectivity index (χ1) is 10.7. The van der Waals surface area contributed by atoms with Gasteiger partial charge in [-0.25, -0.2) is 4.79 Å². The number of likely N-dealkylation sites (N-methyl/N-ethyl adjacent to an activating group) is 1. The molecule has 0 saturated carbocycles. The number of nitrogens with zero attached hydrogens (tertiary/aromatic N) is 2. The minimum Gasteiger partial charge on any atom is -0.444 e. The van der Waals surface area contributed by atoms with Gasteiger partial charge >= 0.3 is 6.09 Å². The van der Waals surface area contributed by atoms with E-state index in [0.29, 0.717) is 6.04 Å². The fourth-order valence-corrected chi connectivity index (χ4v) is 2.55. The van der Waals surface area contributed by atoms with E-state index >= 15 is 0 Å². The molecule has 1 aliphatic heterocycles. The summed E-state index contributed by atoms with van der Waals surface area (Å²) in [6.45, 7) is 9.97. The van der Waals surface area contributed by atoms with Crippen LogP contribution in [0.15, 0.2) is 24.3 Å². The van der Waals surface area contributed by atoms with Gasteiger partial charge < -0.3 is 15.4 Å². The van der Waals surface area contributed by atoms with Gasteiger partial charge in [-0.1, -0.05) is 24.3 Å². The highest BCUT2D eigenvalue weighted by atomic mass is 16.6. The summed E-state index contributed by atoms with van der Waals surface area (Å²) in [7, 11) is 2.09. The fraction of sp³-hybridized carbons (Fsp3) is 0.611. The van der Waals surface area contributed by atoms with Crippen molar-refractivity contribution in [2.45, 2.75) is 51.9 Å². The molecule has 1 heterocycles. The lowest BCUT2D eigenvalue weighted by atomic mass is 10.0. The molecular weight excluding hydrogens is 290 g/mol. The van der Waals surface area contributed by atoms with Crippen molar-refractivity contribution in [2.24, 2.45) is 5.73 Å². The SMILES string of the molecule is C[C@H](N)c1ccc(CN(C)C2CN(C(=O)OC(C)(C)C)C2)cc1. The largest absolute Gasteiger partial charge is 0.444 e. The van der Waals surface area contributed by atoms with Crippen molar-refractivity contribution in [1.82, 2.24) is 9.80 Å². The molecule has 23 heavy (non-hydrogen) atoms. The number of nitrogens with two attached hydrogens (primary N) is 1. The molecule has 1 atom stereocenters. The van der Waals surface area contributed by atoms with Crippen molar-refractivity contribution >= 4 is 6.09 Å². The third kappa shape index (κ3) is 4.94. The Balaban J connectivity index is 1.80. The Labute approximate surface area is 139 Å². The topological polar surface area (TPSA) is 58.8 Å². The predicted molar refractivity (Wildman–Crippen MR) is 92.1 cm³/mol. The highest BCUT2D eigenvalue weighted by Crippen LogP contribution is 2.20. The van der Waals surface area contributed by atoms with Gasteiger partial charge in [-0.15, -0.1) is 0 Å². The minimum absolute atomic E-state index is 0.0656. The standard InChI is InChI=1S/C18H29N3O2/c1-13(19)15-8-6-14(7-9-15)10-20(5)16-11-21(12-16)17(22)23-18(2,3)4/h6-9,13,16H,10-12,19H2,1-5H3/t13-/m0/s1. The van der Waals surface area contributed by atoms with Crippen molar-refractivity contribution in [3.63, 3.8) is 0 Å². The number of rotatable bonds is 4. The molecule has 128 valence electrons. The molecule has 0 spiro atoms. The van der Waals surface area contributed by atoms with Crippen LogP contribution in [0.2, 0.25) is 0 Å². The average Bonchev–Trinajstić information content (AvgIpc) is 2.35. The molecule has 5 nitrogen and oxygen atoms in total. The number of ether oxygens (including phenoxy) is 1. The van der Waals surface area contributed by atoms with E-state index in [1.807, 2.05) is 27.7 Å². The van der Waals surface area contributed by atoms with Crippen molar-refractivity contribution in [1.29, 1.82) is 0 Å². The summed E-state index contributed by atoms with van der Waals surface area (Å²) in [5.74, 6) is 0. The minimum atomic E-state index is -0.435. The number of hydrogen-bond donors (Lipinski definition) is 1. The highest BCUT2D eigenvalue weighted by molar-refractivity contribution is 5.69. The van der Waals surface area contributed by atoms with Crippen molar-refractivity contribution in [2.75, 3.05) is 20.1 Å². The summed E-state index contributed by atoms with van der Waals surface area (Å²) < 4.78 is 5.38. The first kappa shape index (κ1) is 17.8. The van der Waals surface area contributed by atoms with Crippen LogP contribution in [0.1, 0.15) is 44.9 Å². The molecule has 1 aromatic carbocycles. The van der Waals surface area contributed by atoms with E-state index in [1.54, 1.807) is 4.90 Å². The molecular formula is C18H29N3O2. The lowest BCUT2D eigenvalue weighted by Gasteiger charge is -2.44. The van der Waals surface area contributed by atoms with Crippen LogP contribution in [0.4, 0.5) is 4.79 Å². The molecule has 1 fully saturated rings. The highest BCUT2D eigenvalue weighted by Gasteiger charge is 2.35. The van der Waals surface area contributed by atoms with Crippen LogP contribution >= 0.6 is 0 Å². The summed E-state index contributed by atoms with van der Waals surface area (Å²) in [6, 6.07) is 8.87. The Hall–Kier alpha value is -1.59. The van der Waals surface area contributed by atoms with E-state index in [0.717, 1.165) is 25.2 Å². The molecule has 0 aromatic heterocycles. The van der Waals surface area contributed by atoms with Crippen molar-refractivity contribution < 1.29 is 9.53 Å². The number of likely N-dealkylation sites (tertiary alicyclic amines) is 1. The Morgan fingerprint density at radius 1 is 1.35 bits per heavy atom. The van der Waals surface area contributed by atoms with Crippen LogP contribution in [0.25, 0.3) is 0 Å². The van der Waals surface area contributed by atoms with Gasteiger partial charge in [0, 0.05) is 31.7 Å². The van der Waals surface area contributed by atoms with Crippen LogP contribution in [0, 0.1) is 0 Å². The Kier molecular flexibility index (Phi) is 5.32. The Morgan fingerprint density at radius 3 is 2.39 bits per heavy atom. The maximum Gasteiger partial charge on any atom is 0.410 e. The molecule has 0 unspecified atom stereocenters. The van der Waals surface area contributed by atoms with Gasteiger partial charge in [-0.3, -0.25) is 4.90 Å². The van der Waals surface area contributed by atoms with Crippen LogP contribution in [-0.2, 0) is 11.3 Å². The normalized spacial score (nSPS) is 17.1. The molecule has 1 saturated heterocycles. The summed E-state index contributed by atoms with van der Waals surface area (Å²) in [5.41, 5.74) is 7.84. The number of carbonyl (C=O) groups excluding carboxylic acids is 1. The van der Waals surface area contributed by atoms with Gasteiger partial charge in [0.2, 0.25) is 0 Å². The van der Waals surface area contributed by atoms with Crippen LogP contribution in [0.3, 0.4) is 0 Å². The monoisotopic (exact) mass is 319 g/mol. The second kappa shape index (κ2) is 6.89. The summed E-state index contributed by atoms with van der Waals surface area (Å²) in [5, 5.41) is 0. The zero-order valence-electron chi connectivity index (χ0n) is 14.9. The maximum absolute atomic E-state index is 11.9. The van der Waals surface area contributed by atoms with E-state index in [-0.39, 0.29) is 12.1 Å². The molecule has 2 rings (SSSR count). The zero-order chi connectivity index (χ0) is 17.2. The lowest BCUT2D eigenvalue weighted by molar-refractivity contribution is -0.0120. The number of amides is 1.